The van der Waals surface area contributed by atoms with Crippen LogP contribution in [0.3, 0.4) is 0 Å². The molecule has 0 aliphatic heterocycles. The number of esters is 3. The third kappa shape index (κ3) is 58.3. The number of unbranched alkanes of at least 4 members (excludes halogenated alkanes) is 39. The maximum Gasteiger partial charge on any atom is 0.306 e. The lowest BCUT2D eigenvalue weighted by Gasteiger charge is -2.18. The van der Waals surface area contributed by atoms with E-state index in [4.69, 9.17) is 14.2 Å². The zero-order valence-electron chi connectivity index (χ0n) is 48.2. The fourth-order valence-corrected chi connectivity index (χ4v) is 9.27. The minimum absolute atomic E-state index is 0.0728. The molecule has 1 atom stereocenters. The molecular weight excluding hydrogens is 889 g/mol. The van der Waals surface area contributed by atoms with Gasteiger partial charge in [-0.05, 0) is 83.5 Å². The van der Waals surface area contributed by atoms with E-state index in [1.165, 1.54) is 218 Å². The summed E-state index contributed by atoms with van der Waals surface area (Å²) < 4.78 is 16.8. The monoisotopic (exact) mass is 1010 g/mol. The lowest BCUT2D eigenvalue weighted by molar-refractivity contribution is -0.167. The van der Waals surface area contributed by atoms with E-state index in [0.29, 0.717) is 19.3 Å². The molecule has 0 heterocycles. The van der Waals surface area contributed by atoms with Gasteiger partial charge in [0, 0.05) is 19.3 Å². The van der Waals surface area contributed by atoms with Crippen molar-refractivity contribution in [3.8, 4) is 0 Å². The number of hydrogen-bond acceptors (Lipinski definition) is 6. The van der Waals surface area contributed by atoms with Gasteiger partial charge in [0.2, 0.25) is 0 Å². The van der Waals surface area contributed by atoms with Crippen LogP contribution in [0.5, 0.6) is 0 Å². The molecule has 0 radical (unpaired) electrons. The Kier molecular flexibility index (Phi) is 58.7. The van der Waals surface area contributed by atoms with Crippen LogP contribution in [0.15, 0.2) is 48.6 Å². The maximum absolute atomic E-state index is 12.8. The molecule has 1 unspecified atom stereocenters. The Labute approximate surface area is 448 Å². The van der Waals surface area contributed by atoms with Crippen LogP contribution in [0.4, 0.5) is 0 Å². The van der Waals surface area contributed by atoms with Crippen molar-refractivity contribution in [1.29, 1.82) is 0 Å². The van der Waals surface area contributed by atoms with Crippen LogP contribution in [0.1, 0.15) is 335 Å². The lowest BCUT2D eigenvalue weighted by atomic mass is 10.0. The molecule has 0 bridgehead atoms. The molecule has 420 valence electrons. The predicted octanol–water partition coefficient (Wildman–Crippen LogP) is 21.4. The standard InChI is InChI=1S/C66H120O6/c1-4-7-10-13-16-18-20-22-24-26-27-28-29-30-31-32-33-34-35-36-37-38-39-41-42-44-46-48-50-53-56-59-65(68)71-62-63(61-70-64(67)58-55-52-15-12-9-6-3)72-66(69)60-57-54-51-49-47-45-43-40-25-23-21-19-17-14-11-8-5-2/h17,19-20,22-23,25-27,63H,4-16,18,21,24,28-62H2,1-3H3/b19-17-,22-20-,25-23-,27-26-. The number of rotatable bonds is 58. The number of hydrogen-bond donors (Lipinski definition) is 0. The molecule has 0 N–H and O–H groups in total. The molecule has 0 aromatic rings. The summed E-state index contributed by atoms with van der Waals surface area (Å²) in [7, 11) is 0. The molecule has 0 saturated heterocycles. The van der Waals surface area contributed by atoms with E-state index in [0.717, 1.165) is 77.0 Å². The van der Waals surface area contributed by atoms with E-state index in [1.807, 2.05) is 0 Å². The highest BCUT2D eigenvalue weighted by molar-refractivity contribution is 5.71. The summed E-state index contributed by atoms with van der Waals surface area (Å²) in [5.74, 6) is -0.875. The minimum Gasteiger partial charge on any atom is -0.462 e. The third-order valence-corrected chi connectivity index (χ3v) is 14.1. The highest BCUT2D eigenvalue weighted by Crippen LogP contribution is 2.17. The molecule has 6 nitrogen and oxygen atoms in total. The first kappa shape index (κ1) is 69.4. The molecule has 0 fully saturated rings. The smallest absolute Gasteiger partial charge is 0.306 e. The van der Waals surface area contributed by atoms with E-state index in [-0.39, 0.29) is 31.1 Å². The van der Waals surface area contributed by atoms with Gasteiger partial charge in [-0.3, -0.25) is 14.4 Å². The maximum atomic E-state index is 12.8. The van der Waals surface area contributed by atoms with Crippen LogP contribution in [0, 0.1) is 0 Å². The van der Waals surface area contributed by atoms with Gasteiger partial charge >= 0.3 is 17.9 Å². The van der Waals surface area contributed by atoms with Crippen molar-refractivity contribution in [2.75, 3.05) is 13.2 Å². The molecule has 0 saturated carbocycles. The Morgan fingerprint density at radius 2 is 0.500 bits per heavy atom. The molecule has 0 aromatic heterocycles. The molecule has 72 heavy (non-hydrogen) atoms. The molecule has 0 aromatic carbocycles. The summed E-state index contributed by atoms with van der Waals surface area (Å²) in [5, 5.41) is 0. The van der Waals surface area contributed by atoms with Crippen molar-refractivity contribution in [3.05, 3.63) is 48.6 Å². The first-order valence-electron chi connectivity index (χ1n) is 31.6. The summed E-state index contributed by atoms with van der Waals surface area (Å²) in [6, 6.07) is 0. The fourth-order valence-electron chi connectivity index (χ4n) is 9.27. The van der Waals surface area contributed by atoms with Gasteiger partial charge in [0.15, 0.2) is 6.10 Å². The molecule has 0 rings (SSSR count). The van der Waals surface area contributed by atoms with Crippen LogP contribution in [0.25, 0.3) is 0 Å². The van der Waals surface area contributed by atoms with Gasteiger partial charge < -0.3 is 14.2 Å². The van der Waals surface area contributed by atoms with Gasteiger partial charge in [-0.25, -0.2) is 0 Å². The zero-order valence-corrected chi connectivity index (χ0v) is 48.2. The van der Waals surface area contributed by atoms with Gasteiger partial charge in [-0.1, -0.05) is 281 Å². The Morgan fingerprint density at radius 3 is 0.792 bits per heavy atom. The summed E-state index contributed by atoms with van der Waals surface area (Å²) in [4.78, 5) is 37.9. The summed E-state index contributed by atoms with van der Waals surface area (Å²) in [6.45, 7) is 6.58. The van der Waals surface area contributed by atoms with Crippen LogP contribution in [0.2, 0.25) is 0 Å². The lowest BCUT2D eigenvalue weighted by Crippen LogP contribution is -2.30. The van der Waals surface area contributed by atoms with Crippen molar-refractivity contribution in [2.24, 2.45) is 0 Å². The van der Waals surface area contributed by atoms with Crippen LogP contribution < -0.4 is 0 Å². The molecule has 0 spiro atoms. The number of carbonyl (C=O) groups is 3. The van der Waals surface area contributed by atoms with Crippen LogP contribution >= 0.6 is 0 Å². The Bertz CT molecular complexity index is 1250. The Morgan fingerprint density at radius 1 is 0.278 bits per heavy atom. The normalized spacial score (nSPS) is 12.3. The van der Waals surface area contributed by atoms with Gasteiger partial charge in [0.25, 0.3) is 0 Å². The first-order chi connectivity index (χ1) is 35.5. The Hall–Kier alpha value is -2.63. The topological polar surface area (TPSA) is 78.9 Å². The van der Waals surface area contributed by atoms with Crippen molar-refractivity contribution in [3.63, 3.8) is 0 Å². The second-order valence-corrected chi connectivity index (χ2v) is 21.3. The van der Waals surface area contributed by atoms with E-state index in [2.05, 4.69) is 69.4 Å². The molecule has 6 heteroatoms. The van der Waals surface area contributed by atoms with E-state index in [1.54, 1.807) is 0 Å². The van der Waals surface area contributed by atoms with Crippen molar-refractivity contribution in [2.45, 2.75) is 341 Å². The SMILES string of the molecule is CCCCC/C=C\C/C=C\CCCCCCCCCC(=O)OC(COC(=O)CCCCCCCC)COC(=O)CCCCCCCCCCCCCCCCCCCCC/C=C\C/C=C\CCCCCCC. The summed E-state index contributed by atoms with van der Waals surface area (Å²) >= 11 is 0. The van der Waals surface area contributed by atoms with Crippen molar-refractivity contribution in [1.82, 2.24) is 0 Å². The zero-order chi connectivity index (χ0) is 52.2. The average Bonchev–Trinajstić information content (AvgIpc) is 3.38. The van der Waals surface area contributed by atoms with Crippen molar-refractivity contribution >= 4 is 17.9 Å². The van der Waals surface area contributed by atoms with E-state index in [9.17, 15) is 14.4 Å². The van der Waals surface area contributed by atoms with E-state index >= 15 is 0 Å². The highest BCUT2D eigenvalue weighted by atomic mass is 16.6. The number of allylic oxidation sites excluding steroid dienone is 8. The van der Waals surface area contributed by atoms with Crippen molar-refractivity contribution < 1.29 is 28.6 Å². The van der Waals surface area contributed by atoms with Crippen LogP contribution in [-0.4, -0.2) is 37.2 Å². The molecule has 0 aliphatic rings. The van der Waals surface area contributed by atoms with Gasteiger partial charge in [-0.2, -0.15) is 0 Å². The molecule has 0 amide bonds. The highest BCUT2D eigenvalue weighted by Gasteiger charge is 2.19. The largest absolute Gasteiger partial charge is 0.462 e. The van der Waals surface area contributed by atoms with Crippen LogP contribution in [-0.2, 0) is 28.6 Å². The third-order valence-electron chi connectivity index (χ3n) is 14.1. The second kappa shape index (κ2) is 60.9. The fraction of sp³-hybridized carbons (Fsp3) is 0.833. The number of ether oxygens (including phenoxy) is 3. The van der Waals surface area contributed by atoms with Gasteiger partial charge in [-0.15, -0.1) is 0 Å². The Balaban J connectivity index is 3.98. The van der Waals surface area contributed by atoms with Gasteiger partial charge in [0.1, 0.15) is 13.2 Å². The summed E-state index contributed by atoms with van der Waals surface area (Å²) in [5.41, 5.74) is 0. The molecule has 0 aliphatic carbocycles. The second-order valence-electron chi connectivity index (χ2n) is 21.3. The summed E-state index contributed by atoms with van der Waals surface area (Å²) in [6.07, 6.45) is 75.9. The number of carbonyl (C=O) groups excluding carboxylic acids is 3. The first-order valence-corrected chi connectivity index (χ1v) is 31.6. The minimum atomic E-state index is -0.772. The predicted molar refractivity (Wildman–Crippen MR) is 312 cm³/mol. The quantitative estimate of drug-likeness (QED) is 0.0261. The van der Waals surface area contributed by atoms with E-state index < -0.39 is 6.10 Å². The molecular formula is C66H120O6. The van der Waals surface area contributed by atoms with Gasteiger partial charge in [0.05, 0.1) is 0 Å². The average molecular weight is 1010 g/mol.